The van der Waals surface area contributed by atoms with Crippen LogP contribution in [-0.4, -0.2) is 11.4 Å². The first kappa shape index (κ1) is 8.20. The Kier molecular flexibility index (Phi) is 2.24. The first-order valence-electron chi connectivity index (χ1n) is 2.78. The molecule has 0 fully saturated rings. The topological polar surface area (TPSA) is 37.3 Å². The average Bonchev–Trinajstić information content (AvgIpc) is 1.96. The van der Waals surface area contributed by atoms with Crippen molar-refractivity contribution in [3.63, 3.8) is 0 Å². The van der Waals surface area contributed by atoms with Gasteiger partial charge in [0.2, 0.25) is 0 Å². The number of rotatable bonds is 1. The number of benzene rings is 1. The lowest BCUT2D eigenvalue weighted by Gasteiger charge is -1.98. The van der Waals surface area contributed by atoms with Gasteiger partial charge in [0.25, 0.3) is 0 Å². The van der Waals surface area contributed by atoms with E-state index in [4.69, 9.17) is 5.11 Å². The molecule has 0 saturated heterocycles. The van der Waals surface area contributed by atoms with Crippen molar-refractivity contribution in [2.75, 3.05) is 0 Å². The van der Waals surface area contributed by atoms with Gasteiger partial charge in [0, 0.05) is 0 Å². The Balaban J connectivity index is 3.35. The lowest BCUT2D eigenvalue weighted by molar-refractivity contribution is 0.111. The summed E-state index contributed by atoms with van der Waals surface area (Å²) in [5.41, 5.74) is -0.156. The molecule has 0 unspecified atom stereocenters. The zero-order chi connectivity index (χ0) is 8.43. The van der Waals surface area contributed by atoms with Gasteiger partial charge in [-0.1, -0.05) is 0 Å². The number of phenols is 1. The highest BCUT2D eigenvalue weighted by Gasteiger charge is 2.06. The van der Waals surface area contributed by atoms with Gasteiger partial charge in [-0.25, -0.2) is 4.39 Å². The van der Waals surface area contributed by atoms with Crippen molar-refractivity contribution in [1.29, 1.82) is 0 Å². The van der Waals surface area contributed by atoms with E-state index in [2.05, 4.69) is 15.9 Å². The largest absolute Gasteiger partial charge is 0.508 e. The summed E-state index contributed by atoms with van der Waals surface area (Å²) < 4.78 is 12.9. The van der Waals surface area contributed by atoms with Gasteiger partial charge < -0.3 is 5.11 Å². The van der Waals surface area contributed by atoms with E-state index in [0.717, 1.165) is 6.07 Å². The molecule has 0 heterocycles. The van der Waals surface area contributed by atoms with E-state index in [1.54, 1.807) is 0 Å². The van der Waals surface area contributed by atoms with E-state index < -0.39 is 5.82 Å². The summed E-state index contributed by atoms with van der Waals surface area (Å²) in [6, 6.07) is 2.25. The van der Waals surface area contributed by atoms with Crippen LogP contribution >= 0.6 is 15.9 Å². The zero-order valence-corrected chi connectivity index (χ0v) is 6.93. The van der Waals surface area contributed by atoms with Gasteiger partial charge in [0.05, 0.1) is 10.0 Å². The van der Waals surface area contributed by atoms with E-state index >= 15 is 0 Å². The maximum Gasteiger partial charge on any atom is 0.153 e. The summed E-state index contributed by atoms with van der Waals surface area (Å²) in [6.45, 7) is 0. The predicted octanol–water partition coefficient (Wildman–Crippen LogP) is 2.11. The lowest BCUT2D eigenvalue weighted by Crippen LogP contribution is -1.87. The molecule has 11 heavy (non-hydrogen) atoms. The summed E-state index contributed by atoms with van der Waals surface area (Å²) in [5, 5.41) is 8.89. The van der Waals surface area contributed by atoms with E-state index in [0.29, 0.717) is 6.29 Å². The predicted molar refractivity (Wildman–Crippen MR) is 41.2 cm³/mol. The number of carbonyl (C=O) groups is 1. The fourth-order valence-corrected chi connectivity index (χ4v) is 1.14. The first-order valence-corrected chi connectivity index (χ1v) is 3.57. The van der Waals surface area contributed by atoms with Gasteiger partial charge in [-0.3, -0.25) is 4.79 Å². The Morgan fingerprint density at radius 1 is 1.55 bits per heavy atom. The average molecular weight is 219 g/mol. The van der Waals surface area contributed by atoms with E-state index in [-0.39, 0.29) is 15.8 Å². The molecule has 0 aliphatic heterocycles. The van der Waals surface area contributed by atoms with Crippen molar-refractivity contribution < 1.29 is 14.3 Å². The molecule has 1 aromatic rings. The Labute approximate surface area is 70.8 Å². The molecule has 2 nitrogen and oxygen atoms in total. The molecule has 0 aliphatic carbocycles. The molecular formula is C7H4BrFO2. The number of halogens is 2. The van der Waals surface area contributed by atoms with Crippen LogP contribution in [0.15, 0.2) is 16.6 Å². The van der Waals surface area contributed by atoms with E-state index in [1.807, 2.05) is 0 Å². The smallest absolute Gasteiger partial charge is 0.153 e. The number of hydrogen-bond donors (Lipinski definition) is 1. The quantitative estimate of drug-likeness (QED) is 0.734. The summed E-state index contributed by atoms with van der Waals surface area (Å²) in [6.07, 6.45) is 0.347. The molecule has 0 spiro atoms. The fraction of sp³-hybridized carbons (Fsp3) is 0. The Morgan fingerprint density at radius 2 is 2.18 bits per heavy atom. The van der Waals surface area contributed by atoms with Gasteiger partial charge in [0.15, 0.2) is 6.29 Å². The summed E-state index contributed by atoms with van der Waals surface area (Å²) in [4.78, 5) is 10.2. The molecule has 0 saturated carbocycles. The third kappa shape index (κ3) is 1.57. The molecule has 0 bridgehead atoms. The highest BCUT2D eigenvalue weighted by atomic mass is 79.9. The maximum atomic E-state index is 12.8. The van der Waals surface area contributed by atoms with E-state index in [1.165, 1.54) is 6.07 Å². The van der Waals surface area contributed by atoms with Crippen LogP contribution in [0.5, 0.6) is 5.75 Å². The van der Waals surface area contributed by atoms with Gasteiger partial charge in [-0.15, -0.1) is 0 Å². The fourth-order valence-electron chi connectivity index (χ4n) is 0.681. The van der Waals surface area contributed by atoms with Crippen molar-refractivity contribution in [3.05, 3.63) is 28.0 Å². The molecule has 0 radical (unpaired) electrons. The minimum atomic E-state index is -0.655. The SMILES string of the molecule is O=Cc1cc(O)cc(Br)c1F. The van der Waals surface area contributed by atoms with Crippen molar-refractivity contribution in [3.8, 4) is 5.75 Å². The maximum absolute atomic E-state index is 12.8. The number of phenolic OH excluding ortho intramolecular Hbond substituents is 1. The van der Waals surface area contributed by atoms with Crippen LogP contribution in [0.2, 0.25) is 0 Å². The molecule has 0 amide bonds. The van der Waals surface area contributed by atoms with Crippen LogP contribution in [0.1, 0.15) is 10.4 Å². The third-order valence-electron chi connectivity index (χ3n) is 1.17. The van der Waals surface area contributed by atoms with Crippen LogP contribution in [0.25, 0.3) is 0 Å². The zero-order valence-electron chi connectivity index (χ0n) is 5.34. The number of hydrogen-bond acceptors (Lipinski definition) is 2. The highest BCUT2D eigenvalue weighted by Crippen LogP contribution is 2.23. The second-order valence-corrected chi connectivity index (χ2v) is 2.80. The van der Waals surface area contributed by atoms with Crippen LogP contribution < -0.4 is 0 Å². The lowest BCUT2D eigenvalue weighted by atomic mass is 10.2. The number of aromatic hydroxyl groups is 1. The standard InChI is InChI=1S/C7H4BrFO2/c8-6-2-5(11)1-4(3-10)7(6)9/h1-3,11H. The monoisotopic (exact) mass is 218 g/mol. The Hall–Kier alpha value is -0.900. The third-order valence-corrected chi connectivity index (χ3v) is 1.75. The van der Waals surface area contributed by atoms with Crippen molar-refractivity contribution in [2.45, 2.75) is 0 Å². The van der Waals surface area contributed by atoms with Gasteiger partial charge in [-0.2, -0.15) is 0 Å². The molecule has 0 aromatic heterocycles. The van der Waals surface area contributed by atoms with Gasteiger partial charge in [-0.05, 0) is 28.1 Å². The van der Waals surface area contributed by atoms with Crippen molar-refractivity contribution >= 4 is 22.2 Å². The molecule has 1 aromatic carbocycles. The summed E-state index contributed by atoms with van der Waals surface area (Å²) in [5.74, 6) is -0.793. The molecule has 58 valence electrons. The number of aldehydes is 1. The molecule has 0 aliphatic rings. The minimum Gasteiger partial charge on any atom is -0.508 e. The van der Waals surface area contributed by atoms with Crippen molar-refractivity contribution in [2.24, 2.45) is 0 Å². The second-order valence-electron chi connectivity index (χ2n) is 1.95. The van der Waals surface area contributed by atoms with Gasteiger partial charge in [0.1, 0.15) is 11.6 Å². The minimum absolute atomic E-state index is 0.0830. The van der Waals surface area contributed by atoms with Crippen LogP contribution in [0, 0.1) is 5.82 Å². The molecule has 1 N–H and O–H groups in total. The molecule has 1 rings (SSSR count). The second kappa shape index (κ2) is 3.00. The van der Waals surface area contributed by atoms with Gasteiger partial charge >= 0.3 is 0 Å². The summed E-state index contributed by atoms with van der Waals surface area (Å²) >= 11 is 2.84. The van der Waals surface area contributed by atoms with Crippen LogP contribution in [0.3, 0.4) is 0 Å². The molecule has 0 atom stereocenters. The summed E-state index contributed by atoms with van der Waals surface area (Å²) in [7, 11) is 0. The Morgan fingerprint density at radius 3 is 2.73 bits per heavy atom. The van der Waals surface area contributed by atoms with Crippen molar-refractivity contribution in [1.82, 2.24) is 0 Å². The first-order chi connectivity index (χ1) is 5.15. The molecular weight excluding hydrogens is 215 g/mol. The van der Waals surface area contributed by atoms with Crippen LogP contribution in [-0.2, 0) is 0 Å². The number of carbonyl (C=O) groups excluding carboxylic acids is 1. The van der Waals surface area contributed by atoms with E-state index in [9.17, 15) is 9.18 Å². The van der Waals surface area contributed by atoms with Crippen LogP contribution in [0.4, 0.5) is 4.39 Å². The Bertz CT molecular complexity index is 299. The normalized spacial score (nSPS) is 9.64. The molecule has 4 heteroatoms. The highest BCUT2D eigenvalue weighted by molar-refractivity contribution is 9.10.